The lowest BCUT2D eigenvalue weighted by molar-refractivity contribution is -0.120. The Morgan fingerprint density at radius 3 is 2.62 bits per heavy atom. The van der Waals surface area contributed by atoms with Gasteiger partial charge in [0.1, 0.15) is 0 Å². The Kier molecular flexibility index (Phi) is 6.33. The Hall–Kier alpha value is -2.86. The van der Waals surface area contributed by atoms with Crippen molar-refractivity contribution in [2.24, 2.45) is 5.16 Å². The number of carbonyl (C=O) groups excluding carboxylic acids is 2. The predicted octanol–water partition coefficient (Wildman–Crippen LogP) is 3.12. The van der Waals surface area contributed by atoms with E-state index >= 15 is 0 Å². The van der Waals surface area contributed by atoms with E-state index in [0.29, 0.717) is 16.3 Å². The average molecular weight is 347 g/mol. The van der Waals surface area contributed by atoms with Crippen molar-refractivity contribution in [1.29, 1.82) is 0 Å². The highest BCUT2D eigenvalue weighted by molar-refractivity contribution is 6.30. The number of hydrogen-bond acceptors (Lipinski definition) is 5. The number of anilines is 1. The molecule has 0 heterocycles. The average Bonchev–Trinajstić information content (AvgIpc) is 2.58. The summed E-state index contributed by atoms with van der Waals surface area (Å²) in [6.07, 6.45) is 1.44. The number of nitrogens with zero attached hydrogens (tertiary/aromatic N) is 1. The third kappa shape index (κ3) is 5.40. The fraction of sp³-hybridized carbons (Fsp3) is 0.118. The van der Waals surface area contributed by atoms with E-state index in [1.165, 1.54) is 13.3 Å². The number of oxime groups is 1. The third-order valence-electron chi connectivity index (χ3n) is 2.91. The van der Waals surface area contributed by atoms with Gasteiger partial charge in [0.05, 0.1) is 18.9 Å². The second kappa shape index (κ2) is 8.69. The Balaban J connectivity index is 1.79. The van der Waals surface area contributed by atoms with E-state index in [2.05, 4.69) is 15.2 Å². The second-order valence-electron chi connectivity index (χ2n) is 4.68. The van der Waals surface area contributed by atoms with E-state index in [0.717, 1.165) is 5.56 Å². The Morgan fingerprint density at radius 2 is 1.96 bits per heavy atom. The second-order valence-corrected chi connectivity index (χ2v) is 5.12. The molecule has 2 aromatic carbocycles. The Labute approximate surface area is 144 Å². The molecule has 0 aliphatic rings. The number of halogens is 1. The van der Waals surface area contributed by atoms with Crippen LogP contribution < -0.4 is 5.32 Å². The van der Waals surface area contributed by atoms with Gasteiger partial charge >= 0.3 is 5.97 Å². The first-order valence-corrected chi connectivity index (χ1v) is 7.35. The van der Waals surface area contributed by atoms with Gasteiger partial charge in [0.15, 0.2) is 6.61 Å². The normalized spacial score (nSPS) is 10.4. The van der Waals surface area contributed by atoms with Gasteiger partial charge in [-0.25, -0.2) is 4.79 Å². The molecule has 0 spiro atoms. The van der Waals surface area contributed by atoms with Gasteiger partial charge in [-0.3, -0.25) is 4.79 Å². The summed E-state index contributed by atoms with van der Waals surface area (Å²) in [7, 11) is 1.32. The molecule has 0 saturated heterocycles. The Morgan fingerprint density at radius 1 is 1.21 bits per heavy atom. The van der Waals surface area contributed by atoms with Crippen LogP contribution in [0.5, 0.6) is 0 Å². The molecule has 24 heavy (non-hydrogen) atoms. The molecule has 0 fully saturated rings. The number of methoxy groups -OCH3 is 1. The van der Waals surface area contributed by atoms with Crippen molar-refractivity contribution >= 4 is 35.4 Å². The summed E-state index contributed by atoms with van der Waals surface area (Å²) in [5.74, 6) is -0.761. The van der Waals surface area contributed by atoms with Crippen molar-refractivity contribution < 1.29 is 19.2 Å². The molecule has 0 aromatic heterocycles. The monoisotopic (exact) mass is 346 g/mol. The van der Waals surface area contributed by atoms with Crippen LogP contribution in [0, 0.1) is 0 Å². The maximum absolute atomic E-state index is 11.7. The van der Waals surface area contributed by atoms with Crippen LogP contribution in [0.3, 0.4) is 0 Å². The van der Waals surface area contributed by atoms with E-state index in [9.17, 15) is 9.59 Å². The lowest BCUT2D eigenvalue weighted by atomic mass is 10.1. The molecule has 0 atom stereocenters. The third-order valence-corrected chi connectivity index (χ3v) is 3.15. The molecule has 0 unspecified atom stereocenters. The van der Waals surface area contributed by atoms with Crippen molar-refractivity contribution in [3.05, 3.63) is 64.7 Å². The highest BCUT2D eigenvalue weighted by atomic mass is 35.5. The largest absolute Gasteiger partial charge is 0.465 e. The van der Waals surface area contributed by atoms with Crippen LogP contribution in [0.4, 0.5) is 5.69 Å². The lowest BCUT2D eigenvalue weighted by Crippen LogP contribution is -2.16. The van der Waals surface area contributed by atoms with E-state index in [-0.39, 0.29) is 12.5 Å². The molecule has 0 aliphatic heterocycles. The van der Waals surface area contributed by atoms with Gasteiger partial charge in [0.2, 0.25) is 0 Å². The standard InChI is InChI=1S/C17H15ClN2O4/c1-23-17(22)13-7-5-12(6-8-13)10-19-24-11-16(21)20-15-4-2-3-14(18)9-15/h2-10H,11H2,1H3,(H,20,21)/b19-10+. The Bertz CT molecular complexity index is 745. The number of amides is 1. The highest BCUT2D eigenvalue weighted by Gasteiger charge is 2.04. The molecular formula is C17H15ClN2O4. The molecule has 1 amide bonds. The highest BCUT2D eigenvalue weighted by Crippen LogP contribution is 2.14. The van der Waals surface area contributed by atoms with Gasteiger partial charge in [-0.05, 0) is 35.9 Å². The molecule has 6 nitrogen and oxygen atoms in total. The number of hydrogen-bond donors (Lipinski definition) is 1. The maximum Gasteiger partial charge on any atom is 0.337 e. The zero-order valence-corrected chi connectivity index (χ0v) is 13.6. The summed E-state index contributed by atoms with van der Waals surface area (Å²) in [6.45, 7) is -0.233. The summed E-state index contributed by atoms with van der Waals surface area (Å²) in [5.41, 5.74) is 1.74. The zero-order valence-electron chi connectivity index (χ0n) is 12.9. The van der Waals surface area contributed by atoms with Gasteiger partial charge in [-0.15, -0.1) is 0 Å². The topological polar surface area (TPSA) is 77.0 Å². The van der Waals surface area contributed by atoms with E-state index in [1.54, 1.807) is 48.5 Å². The molecule has 0 saturated carbocycles. The zero-order chi connectivity index (χ0) is 17.4. The minimum Gasteiger partial charge on any atom is -0.465 e. The minimum absolute atomic E-state index is 0.233. The fourth-order valence-corrected chi connectivity index (χ4v) is 1.97. The van der Waals surface area contributed by atoms with Crippen molar-refractivity contribution in [3.63, 3.8) is 0 Å². The number of ether oxygens (including phenoxy) is 1. The van der Waals surface area contributed by atoms with Gasteiger partial charge in [-0.2, -0.15) is 0 Å². The number of benzene rings is 2. The van der Waals surface area contributed by atoms with E-state index in [1.807, 2.05) is 0 Å². The molecule has 124 valence electrons. The van der Waals surface area contributed by atoms with Gasteiger partial charge < -0.3 is 14.9 Å². The van der Waals surface area contributed by atoms with Crippen LogP contribution in [0.15, 0.2) is 53.7 Å². The molecule has 1 N–H and O–H groups in total. The minimum atomic E-state index is -0.410. The number of rotatable bonds is 6. The van der Waals surface area contributed by atoms with Crippen molar-refractivity contribution in [2.75, 3.05) is 19.0 Å². The number of nitrogens with one attached hydrogen (secondary N) is 1. The van der Waals surface area contributed by atoms with Crippen LogP contribution in [-0.2, 0) is 14.4 Å². The molecule has 2 rings (SSSR count). The van der Waals surface area contributed by atoms with Crippen LogP contribution in [-0.4, -0.2) is 31.8 Å². The summed E-state index contributed by atoms with van der Waals surface area (Å²) < 4.78 is 4.61. The summed E-state index contributed by atoms with van der Waals surface area (Å²) in [6, 6.07) is 13.4. The quantitative estimate of drug-likeness (QED) is 0.495. The van der Waals surface area contributed by atoms with Gasteiger partial charge in [-0.1, -0.05) is 35.0 Å². The molecule has 0 aliphatic carbocycles. The molecule has 2 aromatic rings. The van der Waals surface area contributed by atoms with Crippen molar-refractivity contribution in [1.82, 2.24) is 0 Å². The smallest absolute Gasteiger partial charge is 0.337 e. The van der Waals surface area contributed by atoms with Crippen LogP contribution in [0.2, 0.25) is 5.02 Å². The van der Waals surface area contributed by atoms with Gasteiger partial charge in [0, 0.05) is 10.7 Å². The lowest BCUT2D eigenvalue weighted by Gasteiger charge is -2.04. The molecular weight excluding hydrogens is 332 g/mol. The van der Waals surface area contributed by atoms with Crippen LogP contribution in [0.25, 0.3) is 0 Å². The van der Waals surface area contributed by atoms with Crippen molar-refractivity contribution in [2.45, 2.75) is 0 Å². The van der Waals surface area contributed by atoms with Crippen molar-refractivity contribution in [3.8, 4) is 0 Å². The number of esters is 1. The first kappa shape index (κ1) is 17.5. The summed E-state index contributed by atoms with van der Waals surface area (Å²) in [4.78, 5) is 27.9. The van der Waals surface area contributed by atoms with Gasteiger partial charge in [0.25, 0.3) is 5.91 Å². The molecule has 0 radical (unpaired) electrons. The van der Waals surface area contributed by atoms with Crippen LogP contribution in [0.1, 0.15) is 15.9 Å². The van der Waals surface area contributed by atoms with E-state index < -0.39 is 5.97 Å². The number of carbonyl (C=O) groups is 2. The fourth-order valence-electron chi connectivity index (χ4n) is 1.78. The first-order chi connectivity index (χ1) is 11.6. The predicted molar refractivity (Wildman–Crippen MR) is 91.4 cm³/mol. The summed E-state index contributed by atoms with van der Waals surface area (Å²) >= 11 is 5.83. The summed E-state index contributed by atoms with van der Waals surface area (Å²) in [5, 5.41) is 6.87. The van der Waals surface area contributed by atoms with Crippen LogP contribution >= 0.6 is 11.6 Å². The SMILES string of the molecule is COC(=O)c1ccc(/C=N/OCC(=O)Nc2cccc(Cl)c2)cc1. The molecule has 0 bridgehead atoms. The first-order valence-electron chi connectivity index (χ1n) is 6.97. The van der Waals surface area contributed by atoms with E-state index in [4.69, 9.17) is 16.4 Å². The molecule has 7 heteroatoms. The maximum atomic E-state index is 11.7.